The van der Waals surface area contributed by atoms with E-state index in [0.29, 0.717) is 6.54 Å². The molecule has 78 valence electrons. The molecule has 14 heavy (non-hydrogen) atoms. The molecule has 1 rings (SSSR count). The highest BCUT2D eigenvalue weighted by Crippen LogP contribution is 2.28. The summed E-state index contributed by atoms with van der Waals surface area (Å²) in [6.07, 6.45) is 0. The summed E-state index contributed by atoms with van der Waals surface area (Å²) in [6.45, 7) is 6.62. The Bertz CT molecular complexity index is 318. The van der Waals surface area contributed by atoms with Crippen molar-refractivity contribution in [3.63, 3.8) is 0 Å². The summed E-state index contributed by atoms with van der Waals surface area (Å²) >= 11 is 3.46. The fourth-order valence-corrected chi connectivity index (χ4v) is 1.59. The maximum absolute atomic E-state index is 5.74. The van der Waals surface area contributed by atoms with E-state index in [0.717, 1.165) is 15.8 Å². The third kappa shape index (κ3) is 3.31. The zero-order valence-electron chi connectivity index (χ0n) is 8.80. The van der Waals surface area contributed by atoms with Gasteiger partial charge < -0.3 is 10.5 Å². The van der Waals surface area contributed by atoms with Gasteiger partial charge in [0.15, 0.2) is 0 Å². The summed E-state index contributed by atoms with van der Waals surface area (Å²) in [5.74, 6) is 0.856. The van der Waals surface area contributed by atoms with E-state index in [4.69, 9.17) is 10.5 Å². The normalized spacial score (nSPS) is 11.5. The van der Waals surface area contributed by atoms with Gasteiger partial charge in [0.2, 0.25) is 0 Å². The number of nitrogens with two attached hydrogens (primary N) is 1. The van der Waals surface area contributed by atoms with Crippen LogP contribution in [0.2, 0.25) is 0 Å². The van der Waals surface area contributed by atoms with Crippen LogP contribution < -0.4 is 10.5 Å². The topological polar surface area (TPSA) is 35.2 Å². The summed E-state index contributed by atoms with van der Waals surface area (Å²) in [5, 5.41) is 0. The van der Waals surface area contributed by atoms with Gasteiger partial charge in [0, 0.05) is 6.54 Å². The second-order valence-corrected chi connectivity index (χ2v) is 5.04. The highest BCUT2D eigenvalue weighted by atomic mass is 79.9. The predicted molar refractivity (Wildman–Crippen MR) is 62.4 cm³/mol. The molecule has 0 aromatic heterocycles. The monoisotopic (exact) mass is 257 g/mol. The van der Waals surface area contributed by atoms with Crippen LogP contribution in [0, 0.1) is 0 Å². The molecule has 2 N–H and O–H groups in total. The molecule has 1 aromatic carbocycles. The molecule has 0 spiro atoms. The summed E-state index contributed by atoms with van der Waals surface area (Å²) in [7, 11) is 0. The highest BCUT2D eigenvalue weighted by Gasteiger charge is 2.13. The van der Waals surface area contributed by atoms with Crippen LogP contribution in [0.5, 0.6) is 5.75 Å². The largest absolute Gasteiger partial charge is 0.487 e. The van der Waals surface area contributed by atoms with Crippen molar-refractivity contribution < 1.29 is 4.74 Å². The Morgan fingerprint density at radius 3 is 2.43 bits per heavy atom. The minimum Gasteiger partial charge on any atom is -0.487 e. The summed E-state index contributed by atoms with van der Waals surface area (Å²) in [6, 6.07) is 5.91. The predicted octanol–water partition coefficient (Wildman–Crippen LogP) is 3.09. The van der Waals surface area contributed by atoms with Gasteiger partial charge in [-0.25, -0.2) is 0 Å². The molecule has 0 fully saturated rings. The minimum absolute atomic E-state index is 0.174. The van der Waals surface area contributed by atoms with Crippen LogP contribution >= 0.6 is 15.9 Å². The number of hydrogen-bond acceptors (Lipinski definition) is 2. The Kier molecular flexibility index (Phi) is 3.56. The quantitative estimate of drug-likeness (QED) is 0.884. The number of rotatable bonds is 2. The first-order valence-corrected chi connectivity index (χ1v) is 5.39. The molecule has 0 saturated carbocycles. The highest BCUT2D eigenvalue weighted by molar-refractivity contribution is 9.10. The Morgan fingerprint density at radius 2 is 2.00 bits per heavy atom. The molecule has 3 heteroatoms. The van der Waals surface area contributed by atoms with Gasteiger partial charge in [-0.2, -0.15) is 0 Å². The molecule has 0 radical (unpaired) electrons. The smallest absolute Gasteiger partial charge is 0.134 e. The van der Waals surface area contributed by atoms with Crippen molar-refractivity contribution in [3.05, 3.63) is 28.2 Å². The van der Waals surface area contributed by atoms with E-state index in [1.807, 2.05) is 39.0 Å². The fraction of sp³-hybridized carbons (Fsp3) is 0.455. The van der Waals surface area contributed by atoms with Crippen LogP contribution in [-0.2, 0) is 6.54 Å². The molecular formula is C11H16BrNO. The van der Waals surface area contributed by atoms with Crippen LogP contribution in [0.4, 0.5) is 0 Å². The number of benzene rings is 1. The van der Waals surface area contributed by atoms with E-state index in [2.05, 4.69) is 15.9 Å². The lowest BCUT2D eigenvalue weighted by atomic mass is 10.2. The van der Waals surface area contributed by atoms with Gasteiger partial charge in [-0.05, 0) is 54.4 Å². The first-order chi connectivity index (χ1) is 6.42. The van der Waals surface area contributed by atoms with Gasteiger partial charge in [-0.1, -0.05) is 6.07 Å². The van der Waals surface area contributed by atoms with Crippen LogP contribution in [0.15, 0.2) is 22.7 Å². The molecule has 0 unspecified atom stereocenters. The van der Waals surface area contributed by atoms with Crippen molar-refractivity contribution in [1.29, 1.82) is 0 Å². The SMILES string of the molecule is CC(C)(C)Oc1ccc(CN)cc1Br. The molecule has 1 aromatic rings. The molecule has 0 saturated heterocycles. The van der Waals surface area contributed by atoms with Crippen molar-refractivity contribution >= 4 is 15.9 Å². The van der Waals surface area contributed by atoms with Crippen LogP contribution in [0.25, 0.3) is 0 Å². The van der Waals surface area contributed by atoms with Gasteiger partial charge >= 0.3 is 0 Å². The fourth-order valence-electron chi connectivity index (χ4n) is 1.08. The summed E-state index contributed by atoms with van der Waals surface area (Å²) in [5.41, 5.74) is 6.46. The Balaban J connectivity index is 2.89. The molecule has 0 aliphatic carbocycles. The number of ether oxygens (including phenoxy) is 1. The number of halogens is 1. The molecule has 0 aliphatic rings. The van der Waals surface area contributed by atoms with E-state index in [1.165, 1.54) is 0 Å². The Hall–Kier alpha value is -0.540. The molecule has 0 amide bonds. The molecule has 2 nitrogen and oxygen atoms in total. The lowest BCUT2D eigenvalue weighted by molar-refractivity contribution is 0.130. The molecular weight excluding hydrogens is 242 g/mol. The summed E-state index contributed by atoms with van der Waals surface area (Å²) in [4.78, 5) is 0. The van der Waals surface area contributed by atoms with Crippen molar-refractivity contribution in [2.45, 2.75) is 32.9 Å². The molecule has 0 bridgehead atoms. The van der Waals surface area contributed by atoms with Crippen molar-refractivity contribution in [2.24, 2.45) is 5.73 Å². The Morgan fingerprint density at radius 1 is 1.36 bits per heavy atom. The van der Waals surface area contributed by atoms with E-state index < -0.39 is 0 Å². The van der Waals surface area contributed by atoms with E-state index in [-0.39, 0.29) is 5.60 Å². The standard InChI is InChI=1S/C11H16BrNO/c1-11(2,3)14-10-5-4-8(7-13)6-9(10)12/h4-6H,7,13H2,1-3H3. The summed E-state index contributed by atoms with van der Waals surface area (Å²) < 4.78 is 6.70. The van der Waals surface area contributed by atoms with Gasteiger partial charge in [0.1, 0.15) is 11.4 Å². The van der Waals surface area contributed by atoms with Crippen LogP contribution in [0.1, 0.15) is 26.3 Å². The lowest BCUT2D eigenvalue weighted by Gasteiger charge is -2.22. The van der Waals surface area contributed by atoms with Crippen LogP contribution in [0.3, 0.4) is 0 Å². The molecule has 0 atom stereocenters. The van der Waals surface area contributed by atoms with Gasteiger partial charge in [-0.15, -0.1) is 0 Å². The van der Waals surface area contributed by atoms with E-state index in [9.17, 15) is 0 Å². The first kappa shape index (κ1) is 11.5. The van der Waals surface area contributed by atoms with Crippen molar-refractivity contribution in [2.75, 3.05) is 0 Å². The lowest BCUT2D eigenvalue weighted by Crippen LogP contribution is -2.23. The molecule has 0 aliphatic heterocycles. The number of hydrogen-bond donors (Lipinski definition) is 1. The van der Waals surface area contributed by atoms with Gasteiger partial charge in [-0.3, -0.25) is 0 Å². The zero-order chi connectivity index (χ0) is 10.8. The second-order valence-electron chi connectivity index (χ2n) is 4.18. The average Bonchev–Trinajstić information content (AvgIpc) is 2.06. The van der Waals surface area contributed by atoms with Crippen LogP contribution in [-0.4, -0.2) is 5.60 Å². The maximum Gasteiger partial charge on any atom is 0.134 e. The van der Waals surface area contributed by atoms with Crippen molar-refractivity contribution in [3.8, 4) is 5.75 Å². The van der Waals surface area contributed by atoms with E-state index in [1.54, 1.807) is 0 Å². The third-order valence-corrected chi connectivity index (χ3v) is 2.27. The average molecular weight is 258 g/mol. The van der Waals surface area contributed by atoms with E-state index >= 15 is 0 Å². The first-order valence-electron chi connectivity index (χ1n) is 4.60. The zero-order valence-corrected chi connectivity index (χ0v) is 10.4. The van der Waals surface area contributed by atoms with Gasteiger partial charge in [0.05, 0.1) is 4.47 Å². The minimum atomic E-state index is -0.174. The maximum atomic E-state index is 5.74. The molecule has 0 heterocycles. The Labute approximate surface area is 93.6 Å². The van der Waals surface area contributed by atoms with Gasteiger partial charge in [0.25, 0.3) is 0 Å². The second kappa shape index (κ2) is 4.32. The van der Waals surface area contributed by atoms with Crippen molar-refractivity contribution in [1.82, 2.24) is 0 Å². The third-order valence-electron chi connectivity index (χ3n) is 1.65.